The van der Waals surface area contributed by atoms with E-state index in [1.165, 1.54) is 31.5 Å². The Kier molecular flexibility index (Phi) is 4.24. The molecule has 2 aliphatic rings. The lowest BCUT2D eigenvalue weighted by atomic mass is 9.94. The van der Waals surface area contributed by atoms with Gasteiger partial charge in [0, 0.05) is 17.9 Å². The molecule has 1 aliphatic carbocycles. The number of hydrogen-bond donors (Lipinski definition) is 0. The minimum Gasteiger partial charge on any atom is -0.330 e. The molecule has 3 heterocycles. The van der Waals surface area contributed by atoms with Crippen molar-refractivity contribution in [2.24, 2.45) is 0 Å². The summed E-state index contributed by atoms with van der Waals surface area (Å²) in [6.07, 6.45) is 7.91. The highest BCUT2D eigenvalue weighted by molar-refractivity contribution is 5.98. The molecule has 2 aromatic rings. The Morgan fingerprint density at radius 2 is 2.04 bits per heavy atom. The molecular formula is C20H22FN3O. The Labute approximate surface area is 147 Å². The van der Waals surface area contributed by atoms with Gasteiger partial charge in [0.2, 0.25) is 5.95 Å². The van der Waals surface area contributed by atoms with Gasteiger partial charge in [0.15, 0.2) is 0 Å². The van der Waals surface area contributed by atoms with Crippen molar-refractivity contribution in [3.05, 3.63) is 58.4 Å². The zero-order chi connectivity index (χ0) is 17.4. The van der Waals surface area contributed by atoms with Gasteiger partial charge in [-0.3, -0.25) is 9.78 Å². The first-order valence-electron chi connectivity index (χ1n) is 9.02. The zero-order valence-electron chi connectivity index (χ0n) is 14.5. The van der Waals surface area contributed by atoms with Crippen LogP contribution in [0.5, 0.6) is 0 Å². The molecule has 0 spiro atoms. The zero-order valence-corrected chi connectivity index (χ0v) is 14.5. The van der Waals surface area contributed by atoms with Crippen molar-refractivity contribution in [1.29, 1.82) is 0 Å². The highest BCUT2D eigenvalue weighted by atomic mass is 19.1. The van der Waals surface area contributed by atoms with E-state index in [9.17, 15) is 9.18 Å². The molecule has 0 aromatic carbocycles. The average Bonchev–Trinajstić information content (AvgIpc) is 2.92. The summed E-state index contributed by atoms with van der Waals surface area (Å²) in [5.74, 6) is -0.375. The predicted octanol–water partition coefficient (Wildman–Crippen LogP) is 3.80. The fourth-order valence-corrected chi connectivity index (χ4v) is 4.03. The van der Waals surface area contributed by atoms with E-state index < -0.39 is 5.95 Å². The van der Waals surface area contributed by atoms with Crippen molar-refractivity contribution in [3.8, 4) is 0 Å². The molecule has 130 valence electrons. The van der Waals surface area contributed by atoms with Crippen LogP contribution in [0.4, 0.5) is 4.39 Å². The average molecular weight is 339 g/mol. The minimum atomic E-state index is -0.483. The first-order chi connectivity index (χ1) is 12.1. The molecule has 0 bridgehead atoms. The number of fused-ring (bicyclic) bond motifs is 1. The van der Waals surface area contributed by atoms with Gasteiger partial charge in [-0.1, -0.05) is 19.3 Å². The molecule has 5 heteroatoms. The van der Waals surface area contributed by atoms with Crippen molar-refractivity contribution in [3.63, 3.8) is 0 Å². The van der Waals surface area contributed by atoms with E-state index in [0.717, 1.165) is 40.9 Å². The van der Waals surface area contributed by atoms with E-state index in [1.807, 2.05) is 17.9 Å². The highest BCUT2D eigenvalue weighted by Crippen LogP contribution is 2.31. The third-order valence-corrected chi connectivity index (χ3v) is 5.41. The first kappa shape index (κ1) is 16.2. The second-order valence-corrected chi connectivity index (χ2v) is 7.12. The number of carbonyl (C=O) groups is 1. The Morgan fingerprint density at radius 1 is 1.24 bits per heavy atom. The Bertz CT molecular complexity index is 815. The van der Waals surface area contributed by atoms with Gasteiger partial charge < -0.3 is 4.90 Å². The minimum absolute atomic E-state index is 0.108. The van der Waals surface area contributed by atoms with Gasteiger partial charge in [-0.2, -0.15) is 4.39 Å². The van der Waals surface area contributed by atoms with Crippen molar-refractivity contribution >= 4 is 5.91 Å². The summed E-state index contributed by atoms with van der Waals surface area (Å²) in [5, 5.41) is 0. The van der Waals surface area contributed by atoms with Gasteiger partial charge >= 0.3 is 0 Å². The van der Waals surface area contributed by atoms with Crippen molar-refractivity contribution < 1.29 is 9.18 Å². The lowest BCUT2D eigenvalue weighted by Gasteiger charge is -2.30. The summed E-state index contributed by atoms with van der Waals surface area (Å²) in [6.45, 7) is 2.59. The van der Waals surface area contributed by atoms with Gasteiger partial charge in [0.25, 0.3) is 5.91 Å². The summed E-state index contributed by atoms with van der Waals surface area (Å²) in [5.41, 5.74) is 4.34. The molecule has 4 rings (SSSR count). The normalized spacial score (nSPS) is 17.8. The van der Waals surface area contributed by atoms with Crippen LogP contribution in [0.15, 0.2) is 24.4 Å². The van der Waals surface area contributed by atoms with Crippen LogP contribution in [0, 0.1) is 12.9 Å². The monoisotopic (exact) mass is 339 g/mol. The van der Waals surface area contributed by atoms with Gasteiger partial charge in [-0.05, 0) is 55.5 Å². The maximum absolute atomic E-state index is 13.3. The number of aryl methyl sites for hydroxylation is 1. The summed E-state index contributed by atoms with van der Waals surface area (Å²) < 4.78 is 13.3. The number of halogens is 1. The fourth-order valence-electron chi connectivity index (χ4n) is 4.03. The number of nitrogens with zero attached hydrogens (tertiary/aromatic N) is 3. The summed E-state index contributed by atoms with van der Waals surface area (Å²) >= 11 is 0. The van der Waals surface area contributed by atoms with E-state index in [1.54, 1.807) is 6.07 Å². The molecule has 2 aromatic heterocycles. The van der Waals surface area contributed by atoms with Gasteiger partial charge in [0.1, 0.15) is 0 Å². The molecule has 0 saturated heterocycles. The van der Waals surface area contributed by atoms with Crippen LogP contribution in [0.2, 0.25) is 0 Å². The molecule has 1 amide bonds. The molecule has 1 fully saturated rings. The molecule has 1 aliphatic heterocycles. The lowest BCUT2D eigenvalue weighted by Crippen LogP contribution is -2.36. The molecule has 1 saturated carbocycles. The van der Waals surface area contributed by atoms with Crippen LogP contribution < -0.4 is 0 Å². The predicted molar refractivity (Wildman–Crippen MR) is 92.7 cm³/mol. The van der Waals surface area contributed by atoms with E-state index >= 15 is 0 Å². The third-order valence-electron chi connectivity index (χ3n) is 5.41. The second-order valence-electron chi connectivity index (χ2n) is 7.12. The molecule has 25 heavy (non-hydrogen) atoms. The largest absolute Gasteiger partial charge is 0.330 e. The molecule has 0 unspecified atom stereocenters. The van der Waals surface area contributed by atoms with Crippen LogP contribution >= 0.6 is 0 Å². The standard InChI is InChI=1S/C20H22FN3O/c1-13-15(9-14-7-8-22-19(21)10-14)11-17-18(23-13)12-24(20(17)25)16-5-3-2-4-6-16/h7-8,10-11,16H,2-6,9,12H2,1H3. The second kappa shape index (κ2) is 6.54. The number of amides is 1. The van der Waals surface area contributed by atoms with E-state index in [-0.39, 0.29) is 5.91 Å². The number of pyridine rings is 2. The van der Waals surface area contributed by atoms with Crippen molar-refractivity contribution in [1.82, 2.24) is 14.9 Å². The third kappa shape index (κ3) is 3.15. The highest BCUT2D eigenvalue weighted by Gasteiger charge is 2.34. The molecular weight excluding hydrogens is 317 g/mol. The van der Waals surface area contributed by atoms with Gasteiger partial charge in [0.05, 0.1) is 17.8 Å². The Hall–Kier alpha value is -2.30. The molecule has 0 radical (unpaired) electrons. The first-order valence-corrected chi connectivity index (χ1v) is 9.02. The van der Waals surface area contributed by atoms with Crippen LogP contribution in [-0.4, -0.2) is 26.8 Å². The molecule has 4 nitrogen and oxygen atoms in total. The summed E-state index contributed by atoms with van der Waals surface area (Å²) in [7, 11) is 0. The van der Waals surface area contributed by atoms with E-state index in [0.29, 0.717) is 19.0 Å². The van der Waals surface area contributed by atoms with Crippen LogP contribution in [0.1, 0.15) is 65.0 Å². The maximum atomic E-state index is 13.3. The maximum Gasteiger partial charge on any atom is 0.256 e. The quantitative estimate of drug-likeness (QED) is 0.799. The number of hydrogen-bond acceptors (Lipinski definition) is 3. The molecule has 0 N–H and O–H groups in total. The Morgan fingerprint density at radius 3 is 2.80 bits per heavy atom. The van der Waals surface area contributed by atoms with Crippen molar-refractivity contribution in [2.45, 2.75) is 58.0 Å². The van der Waals surface area contributed by atoms with Crippen LogP contribution in [-0.2, 0) is 13.0 Å². The van der Waals surface area contributed by atoms with Gasteiger partial charge in [-0.15, -0.1) is 0 Å². The lowest BCUT2D eigenvalue weighted by molar-refractivity contribution is 0.0659. The topological polar surface area (TPSA) is 46.1 Å². The van der Waals surface area contributed by atoms with Crippen molar-refractivity contribution in [2.75, 3.05) is 0 Å². The van der Waals surface area contributed by atoms with Crippen LogP contribution in [0.25, 0.3) is 0 Å². The smallest absolute Gasteiger partial charge is 0.256 e. The SMILES string of the molecule is Cc1nc2c(cc1Cc1ccnc(F)c1)C(=O)N(C1CCCCC1)C2. The summed E-state index contributed by atoms with van der Waals surface area (Å²) in [6, 6.07) is 5.55. The summed E-state index contributed by atoms with van der Waals surface area (Å²) in [4.78, 5) is 23.2. The van der Waals surface area contributed by atoms with E-state index in [2.05, 4.69) is 4.98 Å². The van der Waals surface area contributed by atoms with Gasteiger partial charge in [-0.25, -0.2) is 4.98 Å². The Balaban J connectivity index is 1.60. The fraction of sp³-hybridized carbons (Fsp3) is 0.450. The number of rotatable bonds is 3. The molecule has 0 atom stereocenters. The number of aromatic nitrogens is 2. The van der Waals surface area contributed by atoms with E-state index in [4.69, 9.17) is 4.98 Å². The number of carbonyl (C=O) groups excluding carboxylic acids is 1. The van der Waals surface area contributed by atoms with Crippen LogP contribution in [0.3, 0.4) is 0 Å².